The quantitative estimate of drug-likeness (QED) is 0.333. The Labute approximate surface area is 195 Å². The van der Waals surface area contributed by atoms with Gasteiger partial charge in [0, 0.05) is 18.0 Å². The van der Waals surface area contributed by atoms with Crippen molar-refractivity contribution in [1.82, 2.24) is 0 Å². The summed E-state index contributed by atoms with van der Waals surface area (Å²) in [6.45, 7) is 4.54. The molecule has 3 aromatic rings. The number of carbonyl (C=O) groups is 1. The van der Waals surface area contributed by atoms with Crippen molar-refractivity contribution in [3.8, 4) is 11.5 Å². The van der Waals surface area contributed by atoms with E-state index in [0.29, 0.717) is 26.4 Å². The fraction of sp³-hybridized carbons (Fsp3) is 0.296. The molecule has 0 saturated carbocycles. The highest BCUT2D eigenvalue weighted by Gasteiger charge is 2.04. The number of rotatable bonds is 14. The van der Waals surface area contributed by atoms with E-state index in [0.717, 1.165) is 35.7 Å². The van der Waals surface area contributed by atoms with Crippen LogP contribution >= 0.6 is 0 Å². The molecule has 0 spiro atoms. The fourth-order valence-electron chi connectivity index (χ4n) is 3.16. The van der Waals surface area contributed by atoms with E-state index in [1.54, 1.807) is 0 Å². The topological polar surface area (TPSA) is 68.8 Å². The van der Waals surface area contributed by atoms with Crippen LogP contribution in [0, 0.1) is 0 Å². The Hall–Kier alpha value is -3.51. The summed E-state index contributed by atoms with van der Waals surface area (Å²) in [5.74, 6) is 1.44. The minimum atomic E-state index is -0.122. The van der Waals surface area contributed by atoms with Crippen LogP contribution in [0.15, 0.2) is 78.9 Å². The Bertz CT molecular complexity index is 944. The van der Waals surface area contributed by atoms with Crippen molar-refractivity contribution in [2.45, 2.75) is 19.8 Å². The van der Waals surface area contributed by atoms with E-state index in [1.807, 2.05) is 61.5 Å². The number of amides is 1. The average Bonchev–Trinajstić information content (AvgIpc) is 2.85. The van der Waals surface area contributed by atoms with E-state index in [-0.39, 0.29) is 12.5 Å². The predicted molar refractivity (Wildman–Crippen MR) is 132 cm³/mol. The van der Waals surface area contributed by atoms with E-state index in [1.165, 1.54) is 5.56 Å². The molecule has 6 nitrogen and oxygen atoms in total. The summed E-state index contributed by atoms with van der Waals surface area (Å²) in [6, 6.07) is 25.3. The van der Waals surface area contributed by atoms with Gasteiger partial charge in [-0.15, -0.1) is 0 Å². The minimum Gasteiger partial charge on any atom is -0.494 e. The largest absolute Gasteiger partial charge is 0.494 e. The first-order valence-corrected chi connectivity index (χ1v) is 11.3. The SMILES string of the molecule is CCOCCOc1ccc(NCC(=O)Nc2ccc(OCCCc3ccccc3)cc2)cc1. The van der Waals surface area contributed by atoms with E-state index < -0.39 is 0 Å². The number of nitrogens with one attached hydrogen (secondary N) is 2. The van der Waals surface area contributed by atoms with E-state index in [4.69, 9.17) is 14.2 Å². The number of hydrogen-bond acceptors (Lipinski definition) is 5. The van der Waals surface area contributed by atoms with Crippen LogP contribution in [0.3, 0.4) is 0 Å². The number of anilines is 2. The van der Waals surface area contributed by atoms with E-state index in [9.17, 15) is 4.79 Å². The molecule has 0 saturated heterocycles. The van der Waals surface area contributed by atoms with Crippen LogP contribution in [0.4, 0.5) is 11.4 Å². The third kappa shape index (κ3) is 9.25. The molecule has 0 radical (unpaired) electrons. The van der Waals surface area contributed by atoms with Gasteiger partial charge < -0.3 is 24.8 Å². The molecule has 3 aromatic carbocycles. The highest BCUT2D eigenvalue weighted by molar-refractivity contribution is 5.93. The monoisotopic (exact) mass is 448 g/mol. The molecular weight excluding hydrogens is 416 g/mol. The minimum absolute atomic E-state index is 0.122. The number of carbonyl (C=O) groups excluding carboxylic acids is 1. The average molecular weight is 449 g/mol. The molecule has 1 amide bonds. The third-order valence-electron chi connectivity index (χ3n) is 4.87. The molecular formula is C27H32N2O4. The van der Waals surface area contributed by atoms with Crippen molar-refractivity contribution in [2.24, 2.45) is 0 Å². The van der Waals surface area contributed by atoms with Gasteiger partial charge in [0.1, 0.15) is 18.1 Å². The maximum absolute atomic E-state index is 12.2. The van der Waals surface area contributed by atoms with E-state index in [2.05, 4.69) is 34.9 Å². The molecule has 0 heterocycles. The summed E-state index contributed by atoms with van der Waals surface area (Å²) in [6.07, 6.45) is 1.94. The van der Waals surface area contributed by atoms with Gasteiger partial charge in [0.25, 0.3) is 0 Å². The maximum Gasteiger partial charge on any atom is 0.243 e. The van der Waals surface area contributed by atoms with Crippen molar-refractivity contribution in [2.75, 3.05) is 43.6 Å². The standard InChI is InChI=1S/C27H32N2O4/c1-2-31-19-20-33-26-14-10-23(11-15-26)28-21-27(30)29-24-12-16-25(17-13-24)32-18-6-9-22-7-4-3-5-8-22/h3-5,7-8,10-17,28H,2,6,9,18-21H2,1H3,(H,29,30). The zero-order valence-corrected chi connectivity index (χ0v) is 19.1. The Kier molecular flexibility index (Phi) is 10.1. The highest BCUT2D eigenvalue weighted by Crippen LogP contribution is 2.17. The Morgan fingerprint density at radius 2 is 1.39 bits per heavy atom. The molecule has 3 rings (SSSR count). The number of ether oxygens (including phenoxy) is 3. The van der Waals surface area contributed by atoms with E-state index >= 15 is 0 Å². The molecule has 0 fully saturated rings. The Morgan fingerprint density at radius 3 is 2.06 bits per heavy atom. The van der Waals surface area contributed by atoms with Gasteiger partial charge in [0.15, 0.2) is 0 Å². The van der Waals surface area contributed by atoms with Gasteiger partial charge in [-0.2, -0.15) is 0 Å². The summed E-state index contributed by atoms with van der Waals surface area (Å²) >= 11 is 0. The zero-order chi connectivity index (χ0) is 23.1. The lowest BCUT2D eigenvalue weighted by Crippen LogP contribution is -2.21. The molecule has 174 valence electrons. The summed E-state index contributed by atoms with van der Waals surface area (Å²) < 4.78 is 16.6. The predicted octanol–water partition coefficient (Wildman–Crippen LogP) is 5.16. The van der Waals surface area contributed by atoms with Crippen LogP contribution < -0.4 is 20.1 Å². The van der Waals surface area contributed by atoms with Crippen LogP contribution in [-0.4, -0.2) is 38.9 Å². The lowest BCUT2D eigenvalue weighted by atomic mass is 10.1. The Balaban J connectivity index is 1.33. The molecule has 2 N–H and O–H groups in total. The first-order valence-electron chi connectivity index (χ1n) is 11.3. The van der Waals surface area contributed by atoms with Crippen LogP contribution in [-0.2, 0) is 16.0 Å². The second-order valence-electron chi connectivity index (χ2n) is 7.43. The van der Waals surface area contributed by atoms with Crippen molar-refractivity contribution in [1.29, 1.82) is 0 Å². The van der Waals surface area contributed by atoms with Gasteiger partial charge in [-0.3, -0.25) is 4.79 Å². The first kappa shape index (κ1) is 24.1. The van der Waals surface area contributed by atoms with Crippen molar-refractivity contribution in [3.05, 3.63) is 84.4 Å². The third-order valence-corrected chi connectivity index (χ3v) is 4.87. The molecule has 33 heavy (non-hydrogen) atoms. The maximum atomic E-state index is 12.2. The Morgan fingerprint density at radius 1 is 0.758 bits per heavy atom. The summed E-state index contributed by atoms with van der Waals surface area (Å²) in [7, 11) is 0. The number of aryl methyl sites for hydroxylation is 1. The molecule has 0 aromatic heterocycles. The second kappa shape index (κ2) is 13.8. The normalized spacial score (nSPS) is 10.5. The van der Waals surface area contributed by atoms with Gasteiger partial charge in [-0.05, 0) is 73.9 Å². The number of hydrogen-bond donors (Lipinski definition) is 2. The van der Waals surface area contributed by atoms with Crippen LogP contribution in [0.25, 0.3) is 0 Å². The van der Waals surface area contributed by atoms with Crippen LogP contribution in [0.2, 0.25) is 0 Å². The van der Waals surface area contributed by atoms with Gasteiger partial charge in [0.2, 0.25) is 5.91 Å². The summed E-state index contributed by atoms with van der Waals surface area (Å²) in [5.41, 5.74) is 2.90. The van der Waals surface area contributed by atoms with Crippen molar-refractivity contribution < 1.29 is 19.0 Å². The van der Waals surface area contributed by atoms with Gasteiger partial charge in [-0.25, -0.2) is 0 Å². The molecule has 0 aliphatic heterocycles. The van der Waals surface area contributed by atoms with Gasteiger partial charge in [-0.1, -0.05) is 30.3 Å². The smallest absolute Gasteiger partial charge is 0.243 e. The highest BCUT2D eigenvalue weighted by atomic mass is 16.5. The molecule has 0 bridgehead atoms. The van der Waals surface area contributed by atoms with Gasteiger partial charge >= 0.3 is 0 Å². The lowest BCUT2D eigenvalue weighted by Gasteiger charge is -2.10. The summed E-state index contributed by atoms with van der Waals surface area (Å²) in [4.78, 5) is 12.2. The van der Waals surface area contributed by atoms with Crippen molar-refractivity contribution >= 4 is 17.3 Å². The lowest BCUT2D eigenvalue weighted by molar-refractivity contribution is -0.114. The number of benzene rings is 3. The first-order chi connectivity index (χ1) is 16.2. The molecule has 0 aliphatic carbocycles. The zero-order valence-electron chi connectivity index (χ0n) is 19.1. The van der Waals surface area contributed by atoms with Crippen LogP contribution in [0.1, 0.15) is 18.9 Å². The molecule has 0 unspecified atom stereocenters. The van der Waals surface area contributed by atoms with Gasteiger partial charge in [0.05, 0.1) is 19.8 Å². The van der Waals surface area contributed by atoms with Crippen molar-refractivity contribution in [3.63, 3.8) is 0 Å². The fourth-order valence-corrected chi connectivity index (χ4v) is 3.16. The molecule has 0 atom stereocenters. The van der Waals surface area contributed by atoms with Crippen LogP contribution in [0.5, 0.6) is 11.5 Å². The summed E-state index contributed by atoms with van der Waals surface area (Å²) in [5, 5.41) is 5.99. The molecule has 6 heteroatoms. The molecule has 0 aliphatic rings. The second-order valence-corrected chi connectivity index (χ2v) is 7.43.